The fraction of sp³-hybridized carbons (Fsp3) is 0.261. The van der Waals surface area contributed by atoms with Crippen LogP contribution in [-0.4, -0.2) is 58.9 Å². The van der Waals surface area contributed by atoms with E-state index in [0.29, 0.717) is 48.7 Å². The Morgan fingerprint density at radius 2 is 2.12 bits per heavy atom. The zero-order valence-electron chi connectivity index (χ0n) is 17.9. The standard InChI is InChI=1S/C23H22N6O4/c1-30-20-9-15(2-3-19(20)33-16-12-31-13-16)27-21-22-25-4-6-29(22)11-18(28-21)14-8-17-23(26-10-14)32-7-5-24-17/h2-4,6,8-11,16,24H,5,7,12-13H2,1H3,(H,27,28). The molecule has 0 saturated carbocycles. The summed E-state index contributed by atoms with van der Waals surface area (Å²) in [4.78, 5) is 13.7. The van der Waals surface area contributed by atoms with E-state index in [1.807, 2.05) is 41.1 Å². The van der Waals surface area contributed by atoms with Crippen LogP contribution in [0, 0.1) is 0 Å². The van der Waals surface area contributed by atoms with Crippen molar-refractivity contribution >= 4 is 22.8 Å². The molecule has 33 heavy (non-hydrogen) atoms. The monoisotopic (exact) mass is 446 g/mol. The second-order valence-corrected chi connectivity index (χ2v) is 7.75. The van der Waals surface area contributed by atoms with Crippen LogP contribution in [0.15, 0.2) is 49.1 Å². The van der Waals surface area contributed by atoms with Gasteiger partial charge in [-0.15, -0.1) is 0 Å². The minimum Gasteiger partial charge on any atom is -0.493 e. The Morgan fingerprint density at radius 1 is 1.18 bits per heavy atom. The van der Waals surface area contributed by atoms with Crippen LogP contribution in [0.4, 0.5) is 17.2 Å². The zero-order valence-corrected chi connectivity index (χ0v) is 17.9. The van der Waals surface area contributed by atoms with Gasteiger partial charge in [-0.1, -0.05) is 0 Å². The highest BCUT2D eigenvalue weighted by Gasteiger charge is 2.22. The largest absolute Gasteiger partial charge is 0.493 e. The minimum absolute atomic E-state index is 0.0609. The molecule has 0 unspecified atom stereocenters. The van der Waals surface area contributed by atoms with Crippen molar-refractivity contribution in [2.24, 2.45) is 0 Å². The molecule has 0 radical (unpaired) electrons. The summed E-state index contributed by atoms with van der Waals surface area (Å²) in [6, 6.07) is 7.68. The van der Waals surface area contributed by atoms with E-state index in [4.69, 9.17) is 23.9 Å². The van der Waals surface area contributed by atoms with Gasteiger partial charge in [0.05, 0.1) is 31.7 Å². The maximum atomic E-state index is 5.92. The highest BCUT2D eigenvalue weighted by atomic mass is 16.6. The molecular weight excluding hydrogens is 424 g/mol. The molecule has 1 saturated heterocycles. The summed E-state index contributed by atoms with van der Waals surface area (Å²) in [6.45, 7) is 2.54. The molecule has 5 heterocycles. The average Bonchev–Trinajstić information content (AvgIpc) is 3.31. The molecule has 0 spiro atoms. The van der Waals surface area contributed by atoms with Crippen molar-refractivity contribution in [3.63, 3.8) is 0 Å². The smallest absolute Gasteiger partial charge is 0.237 e. The number of ether oxygens (including phenoxy) is 4. The SMILES string of the molecule is COc1cc(Nc2nc(-c3cnc4c(c3)NCCO4)cn3ccnc23)ccc1OC1COC1. The highest BCUT2D eigenvalue weighted by molar-refractivity contribution is 5.75. The number of hydrogen-bond acceptors (Lipinski definition) is 9. The third-order valence-corrected chi connectivity index (χ3v) is 5.50. The summed E-state index contributed by atoms with van der Waals surface area (Å²) in [7, 11) is 1.62. The van der Waals surface area contributed by atoms with Crippen LogP contribution in [0.5, 0.6) is 17.4 Å². The van der Waals surface area contributed by atoms with E-state index >= 15 is 0 Å². The summed E-state index contributed by atoms with van der Waals surface area (Å²) >= 11 is 0. The first kappa shape index (κ1) is 19.6. The van der Waals surface area contributed by atoms with Gasteiger partial charge >= 0.3 is 0 Å². The topological polar surface area (TPSA) is 104 Å². The van der Waals surface area contributed by atoms with E-state index < -0.39 is 0 Å². The Morgan fingerprint density at radius 3 is 2.97 bits per heavy atom. The van der Waals surface area contributed by atoms with Gasteiger partial charge < -0.3 is 34.0 Å². The first-order valence-corrected chi connectivity index (χ1v) is 10.7. The molecule has 0 amide bonds. The Balaban J connectivity index is 1.34. The fourth-order valence-corrected chi connectivity index (χ4v) is 3.76. The van der Waals surface area contributed by atoms with Crippen LogP contribution in [0.3, 0.4) is 0 Å². The number of nitrogens with one attached hydrogen (secondary N) is 2. The summed E-state index contributed by atoms with van der Waals surface area (Å²) in [5, 5.41) is 6.69. The van der Waals surface area contributed by atoms with E-state index in [1.165, 1.54) is 0 Å². The molecule has 2 aliphatic heterocycles. The minimum atomic E-state index is 0.0609. The van der Waals surface area contributed by atoms with Crippen LogP contribution >= 0.6 is 0 Å². The predicted octanol–water partition coefficient (Wildman–Crippen LogP) is 3.13. The van der Waals surface area contributed by atoms with Crippen LogP contribution in [0.25, 0.3) is 16.9 Å². The summed E-state index contributed by atoms with van der Waals surface area (Å²) in [6.07, 6.45) is 7.38. The van der Waals surface area contributed by atoms with Gasteiger partial charge in [-0.2, -0.15) is 0 Å². The van der Waals surface area contributed by atoms with Gasteiger partial charge in [-0.25, -0.2) is 15.0 Å². The number of fused-ring (bicyclic) bond motifs is 2. The van der Waals surface area contributed by atoms with Crippen molar-refractivity contribution in [3.05, 3.63) is 49.1 Å². The third-order valence-electron chi connectivity index (χ3n) is 5.50. The lowest BCUT2D eigenvalue weighted by molar-refractivity contribution is -0.0803. The van der Waals surface area contributed by atoms with Gasteiger partial charge in [0, 0.05) is 48.6 Å². The number of nitrogens with zero attached hydrogens (tertiary/aromatic N) is 4. The molecule has 1 fully saturated rings. The molecular formula is C23H22N6O4. The lowest BCUT2D eigenvalue weighted by Crippen LogP contribution is -2.38. The molecule has 2 N–H and O–H groups in total. The van der Waals surface area contributed by atoms with Gasteiger partial charge in [0.2, 0.25) is 5.88 Å². The van der Waals surface area contributed by atoms with E-state index in [-0.39, 0.29) is 6.10 Å². The molecule has 0 atom stereocenters. The highest BCUT2D eigenvalue weighted by Crippen LogP contribution is 2.34. The molecule has 4 aromatic rings. The van der Waals surface area contributed by atoms with Crippen molar-refractivity contribution in [1.82, 2.24) is 19.4 Å². The number of benzene rings is 1. The lowest BCUT2D eigenvalue weighted by Gasteiger charge is -2.27. The number of aromatic nitrogens is 4. The van der Waals surface area contributed by atoms with Gasteiger partial charge in [0.25, 0.3) is 0 Å². The number of anilines is 3. The number of imidazole rings is 1. The third kappa shape index (κ3) is 3.74. The van der Waals surface area contributed by atoms with E-state index in [2.05, 4.69) is 20.6 Å². The van der Waals surface area contributed by atoms with E-state index in [0.717, 1.165) is 29.2 Å². The maximum Gasteiger partial charge on any atom is 0.237 e. The molecule has 168 valence electrons. The Labute approximate surface area is 189 Å². The number of pyridine rings is 1. The molecule has 10 nitrogen and oxygen atoms in total. The summed E-state index contributed by atoms with van der Waals surface area (Å²) in [5.41, 5.74) is 3.99. The number of methoxy groups -OCH3 is 1. The zero-order chi connectivity index (χ0) is 22.2. The van der Waals surface area contributed by atoms with Crippen LogP contribution in [0.1, 0.15) is 0 Å². The average molecular weight is 446 g/mol. The second kappa shape index (κ2) is 8.14. The molecule has 10 heteroatoms. The van der Waals surface area contributed by atoms with Gasteiger partial charge in [-0.05, 0) is 18.2 Å². The van der Waals surface area contributed by atoms with E-state index in [1.54, 1.807) is 19.5 Å². The van der Waals surface area contributed by atoms with Crippen molar-refractivity contribution in [3.8, 4) is 28.6 Å². The van der Waals surface area contributed by atoms with Crippen LogP contribution < -0.4 is 24.8 Å². The first-order chi connectivity index (χ1) is 16.3. The molecule has 1 aromatic carbocycles. The summed E-state index contributed by atoms with van der Waals surface area (Å²) in [5.74, 6) is 2.53. The van der Waals surface area contributed by atoms with Crippen LogP contribution in [0.2, 0.25) is 0 Å². The van der Waals surface area contributed by atoms with Crippen molar-refractivity contribution in [2.75, 3.05) is 44.1 Å². The quantitative estimate of drug-likeness (QED) is 0.462. The normalized spacial score (nSPS) is 15.2. The fourth-order valence-electron chi connectivity index (χ4n) is 3.76. The van der Waals surface area contributed by atoms with Crippen LogP contribution in [-0.2, 0) is 4.74 Å². The van der Waals surface area contributed by atoms with Gasteiger partial charge in [0.1, 0.15) is 12.7 Å². The molecule has 0 bridgehead atoms. The molecule has 6 rings (SSSR count). The van der Waals surface area contributed by atoms with E-state index in [9.17, 15) is 0 Å². The Hall–Kier alpha value is -4.05. The van der Waals surface area contributed by atoms with Gasteiger partial charge in [-0.3, -0.25) is 0 Å². The van der Waals surface area contributed by atoms with Crippen molar-refractivity contribution in [1.29, 1.82) is 0 Å². The lowest BCUT2D eigenvalue weighted by atomic mass is 10.2. The second-order valence-electron chi connectivity index (χ2n) is 7.75. The number of rotatable bonds is 6. The molecule has 0 aliphatic carbocycles. The predicted molar refractivity (Wildman–Crippen MR) is 122 cm³/mol. The Kier molecular flexibility index (Phi) is 4.84. The maximum absolute atomic E-state index is 5.92. The molecule has 3 aromatic heterocycles. The summed E-state index contributed by atoms with van der Waals surface area (Å²) < 4.78 is 24.2. The van der Waals surface area contributed by atoms with Gasteiger partial charge in [0.15, 0.2) is 23.0 Å². The van der Waals surface area contributed by atoms with Crippen molar-refractivity contribution in [2.45, 2.75) is 6.10 Å². The Bertz CT molecular complexity index is 1320. The molecule has 2 aliphatic rings. The van der Waals surface area contributed by atoms with Crippen molar-refractivity contribution < 1.29 is 18.9 Å². The number of hydrogen-bond donors (Lipinski definition) is 2. The first-order valence-electron chi connectivity index (χ1n) is 10.7.